The van der Waals surface area contributed by atoms with Gasteiger partial charge in [-0.25, -0.2) is 4.79 Å². The number of fused-ring (bicyclic) bond motifs is 1. The Balaban J connectivity index is 2.37. The smallest absolute Gasteiger partial charge is 0.340 e. The second-order valence-corrected chi connectivity index (χ2v) is 7.76. The van der Waals surface area contributed by atoms with Gasteiger partial charge in [-0.05, 0) is 30.3 Å². The Kier molecular flexibility index (Phi) is 2.89. The van der Waals surface area contributed by atoms with E-state index in [1.807, 2.05) is 0 Å². The van der Waals surface area contributed by atoms with Crippen molar-refractivity contribution in [2.75, 3.05) is 5.73 Å². The van der Waals surface area contributed by atoms with Crippen LogP contribution in [0.1, 0.15) is 0 Å². The van der Waals surface area contributed by atoms with Gasteiger partial charge in [0.15, 0.2) is 0 Å². The van der Waals surface area contributed by atoms with E-state index in [-0.39, 0.29) is 9.73 Å². The Hall–Kier alpha value is -1.77. The lowest BCUT2D eigenvalue weighted by molar-refractivity contribution is 0.589. The molecule has 0 saturated heterocycles. The van der Waals surface area contributed by atoms with Crippen LogP contribution in [-0.2, 0) is 10.0 Å². The van der Waals surface area contributed by atoms with E-state index in [1.165, 1.54) is 18.2 Å². The van der Waals surface area contributed by atoms with Gasteiger partial charge >= 0.3 is 5.69 Å². The average Bonchev–Trinajstić information content (AvgIpc) is 2.92. The Labute approximate surface area is 122 Å². The van der Waals surface area contributed by atoms with Crippen LogP contribution >= 0.6 is 22.9 Å². The molecule has 0 radical (unpaired) electrons. The van der Waals surface area contributed by atoms with E-state index < -0.39 is 15.7 Å². The number of H-pyrrole nitrogens is 1. The summed E-state index contributed by atoms with van der Waals surface area (Å²) in [7, 11) is -4.00. The zero-order valence-electron chi connectivity index (χ0n) is 9.83. The van der Waals surface area contributed by atoms with Crippen LogP contribution in [0.4, 0.5) is 5.69 Å². The standard InChI is InChI=1S/C11H8ClN3O3S2/c12-9-3-4-10(19-9)20(17,18)15-8-5-6(13)1-2-7(8)14-11(15)16/h1-5H,13H2,(H,14,16). The van der Waals surface area contributed by atoms with E-state index in [2.05, 4.69) is 4.98 Å². The molecule has 0 unspecified atom stereocenters. The first-order chi connectivity index (χ1) is 9.39. The highest BCUT2D eigenvalue weighted by Crippen LogP contribution is 2.28. The molecule has 9 heteroatoms. The first-order valence-electron chi connectivity index (χ1n) is 5.41. The number of anilines is 1. The van der Waals surface area contributed by atoms with Gasteiger partial charge in [0.2, 0.25) is 0 Å². The minimum Gasteiger partial charge on any atom is -0.399 e. The van der Waals surface area contributed by atoms with Crippen LogP contribution in [0.15, 0.2) is 39.3 Å². The zero-order valence-corrected chi connectivity index (χ0v) is 12.2. The van der Waals surface area contributed by atoms with Crippen molar-refractivity contribution < 1.29 is 8.42 Å². The Morgan fingerprint density at radius 1 is 1.25 bits per heavy atom. The SMILES string of the molecule is Nc1ccc2[nH]c(=O)n(S(=O)(=O)c3ccc(Cl)s3)c2c1. The van der Waals surface area contributed by atoms with Gasteiger partial charge in [0.25, 0.3) is 10.0 Å². The van der Waals surface area contributed by atoms with E-state index in [1.54, 1.807) is 12.1 Å². The summed E-state index contributed by atoms with van der Waals surface area (Å²) < 4.78 is 26.0. The predicted octanol–water partition coefficient (Wildman–Crippen LogP) is 1.86. The molecule has 6 nitrogen and oxygen atoms in total. The molecule has 3 N–H and O–H groups in total. The molecule has 2 aromatic heterocycles. The van der Waals surface area contributed by atoms with Gasteiger partial charge in [0.05, 0.1) is 15.4 Å². The maximum Gasteiger partial charge on any atom is 0.340 e. The number of halogens is 1. The first kappa shape index (κ1) is 13.2. The third kappa shape index (κ3) is 1.92. The number of nitrogens with zero attached hydrogens (tertiary/aromatic N) is 1. The van der Waals surface area contributed by atoms with E-state index in [0.29, 0.717) is 19.5 Å². The van der Waals surface area contributed by atoms with Gasteiger partial charge in [-0.3, -0.25) is 0 Å². The van der Waals surface area contributed by atoms with Gasteiger partial charge < -0.3 is 10.7 Å². The van der Waals surface area contributed by atoms with E-state index in [0.717, 1.165) is 11.3 Å². The zero-order chi connectivity index (χ0) is 14.5. The first-order valence-corrected chi connectivity index (χ1v) is 8.04. The Bertz CT molecular complexity index is 968. The number of thiophene rings is 1. The van der Waals surface area contributed by atoms with Crippen LogP contribution in [0.3, 0.4) is 0 Å². The molecule has 3 aromatic rings. The Morgan fingerprint density at radius 3 is 2.65 bits per heavy atom. The fourth-order valence-electron chi connectivity index (χ4n) is 1.86. The van der Waals surface area contributed by atoms with Crippen molar-refractivity contribution in [3.63, 3.8) is 0 Å². The van der Waals surface area contributed by atoms with Gasteiger partial charge in [0.1, 0.15) is 4.21 Å². The molecule has 0 aliphatic rings. The lowest BCUT2D eigenvalue weighted by atomic mass is 10.3. The minimum absolute atomic E-state index is 0.00655. The topological polar surface area (TPSA) is 97.9 Å². The molecule has 0 aliphatic carbocycles. The van der Waals surface area contributed by atoms with Crippen molar-refractivity contribution in [3.05, 3.63) is 45.2 Å². The number of aromatic nitrogens is 2. The molecule has 3 rings (SSSR count). The maximum absolute atomic E-state index is 12.5. The molecule has 0 aliphatic heterocycles. The lowest BCUT2D eigenvalue weighted by Gasteiger charge is -2.03. The number of nitrogens with one attached hydrogen (secondary N) is 1. The van der Waals surface area contributed by atoms with Gasteiger partial charge in [-0.15, -0.1) is 11.3 Å². The summed E-state index contributed by atoms with van der Waals surface area (Å²) in [5.74, 6) is 0. The molecule has 104 valence electrons. The summed E-state index contributed by atoms with van der Waals surface area (Å²) in [5.41, 5.74) is 5.88. The predicted molar refractivity (Wildman–Crippen MR) is 78.9 cm³/mol. The molecule has 1 aromatic carbocycles. The van der Waals surface area contributed by atoms with E-state index in [9.17, 15) is 13.2 Å². The van der Waals surface area contributed by atoms with Crippen molar-refractivity contribution in [1.82, 2.24) is 8.96 Å². The second-order valence-electron chi connectivity index (χ2n) is 4.03. The molecular weight excluding hydrogens is 322 g/mol. The molecule has 2 heterocycles. The van der Waals surface area contributed by atoms with Crippen LogP contribution in [0.25, 0.3) is 11.0 Å². The van der Waals surface area contributed by atoms with Crippen LogP contribution < -0.4 is 11.4 Å². The molecule has 0 atom stereocenters. The maximum atomic E-state index is 12.5. The third-order valence-electron chi connectivity index (χ3n) is 2.71. The van der Waals surface area contributed by atoms with Crippen molar-refractivity contribution in [3.8, 4) is 0 Å². The molecule has 0 bridgehead atoms. The van der Waals surface area contributed by atoms with Crippen LogP contribution in [0.5, 0.6) is 0 Å². The van der Waals surface area contributed by atoms with Crippen molar-refractivity contribution >= 4 is 49.7 Å². The van der Waals surface area contributed by atoms with E-state index >= 15 is 0 Å². The van der Waals surface area contributed by atoms with Gasteiger partial charge in [-0.2, -0.15) is 12.4 Å². The van der Waals surface area contributed by atoms with Crippen LogP contribution in [0.2, 0.25) is 4.34 Å². The molecule has 0 saturated carbocycles. The minimum atomic E-state index is -4.00. The summed E-state index contributed by atoms with van der Waals surface area (Å²) in [4.78, 5) is 14.4. The van der Waals surface area contributed by atoms with Crippen LogP contribution in [0, 0.1) is 0 Å². The normalized spacial score (nSPS) is 12.1. The molecular formula is C11H8ClN3O3S2. The number of nitrogens with two attached hydrogens (primary N) is 1. The van der Waals surface area contributed by atoms with E-state index in [4.69, 9.17) is 17.3 Å². The molecule has 20 heavy (non-hydrogen) atoms. The molecule has 0 fully saturated rings. The monoisotopic (exact) mass is 329 g/mol. The number of hydrogen-bond donors (Lipinski definition) is 2. The summed E-state index contributed by atoms with van der Waals surface area (Å²) in [6.07, 6.45) is 0. The fourth-order valence-corrected chi connectivity index (χ4v) is 4.78. The summed E-state index contributed by atoms with van der Waals surface area (Å²) in [6.45, 7) is 0. The highest BCUT2D eigenvalue weighted by molar-refractivity contribution is 7.92. The highest BCUT2D eigenvalue weighted by Gasteiger charge is 2.24. The fraction of sp³-hybridized carbons (Fsp3) is 0. The van der Waals surface area contributed by atoms with Crippen LogP contribution in [-0.4, -0.2) is 17.4 Å². The number of benzene rings is 1. The van der Waals surface area contributed by atoms with Crippen molar-refractivity contribution in [2.45, 2.75) is 4.21 Å². The number of hydrogen-bond acceptors (Lipinski definition) is 5. The average molecular weight is 330 g/mol. The Morgan fingerprint density at radius 2 is 2.00 bits per heavy atom. The summed E-state index contributed by atoms with van der Waals surface area (Å²) >= 11 is 6.64. The second kappa shape index (κ2) is 4.37. The largest absolute Gasteiger partial charge is 0.399 e. The number of aromatic amines is 1. The third-order valence-corrected chi connectivity index (χ3v) is 6.11. The lowest BCUT2D eigenvalue weighted by Crippen LogP contribution is -2.24. The van der Waals surface area contributed by atoms with Crippen molar-refractivity contribution in [2.24, 2.45) is 0 Å². The van der Waals surface area contributed by atoms with Gasteiger partial charge in [-0.1, -0.05) is 11.6 Å². The molecule has 0 spiro atoms. The summed E-state index contributed by atoms with van der Waals surface area (Å²) in [6, 6.07) is 7.39. The highest BCUT2D eigenvalue weighted by atomic mass is 35.5. The molecule has 0 amide bonds. The quantitative estimate of drug-likeness (QED) is 0.701. The number of nitrogen functional groups attached to an aromatic ring is 1. The number of rotatable bonds is 2. The summed E-state index contributed by atoms with van der Waals surface area (Å²) in [5, 5.41) is 0. The van der Waals surface area contributed by atoms with Gasteiger partial charge in [0, 0.05) is 5.69 Å². The van der Waals surface area contributed by atoms with Crippen molar-refractivity contribution in [1.29, 1.82) is 0 Å². The number of imidazole rings is 1.